The third-order valence-electron chi connectivity index (χ3n) is 3.40. The predicted molar refractivity (Wildman–Crippen MR) is 98.4 cm³/mol. The summed E-state index contributed by atoms with van der Waals surface area (Å²) in [5, 5.41) is 18.3. The minimum absolute atomic E-state index is 0.0221. The van der Waals surface area contributed by atoms with Crippen molar-refractivity contribution in [1.82, 2.24) is 4.57 Å². The summed E-state index contributed by atoms with van der Waals surface area (Å²) in [4.78, 5) is 24.7. The van der Waals surface area contributed by atoms with E-state index < -0.39 is 5.97 Å². The molecule has 1 aromatic heterocycles. The van der Waals surface area contributed by atoms with E-state index in [0.29, 0.717) is 22.2 Å². The molecule has 26 heavy (non-hydrogen) atoms. The SMILES string of the molecule is C=CCOC(=O)C(C#N)=c1sc(=Cc2cccc(C#N)c2)c(=O)n1CC. The molecule has 0 aliphatic carbocycles. The first-order chi connectivity index (χ1) is 12.5. The summed E-state index contributed by atoms with van der Waals surface area (Å²) in [6.45, 7) is 5.49. The maximum absolute atomic E-state index is 12.6. The Kier molecular flexibility index (Phi) is 6.26. The van der Waals surface area contributed by atoms with Crippen molar-refractivity contribution < 1.29 is 9.53 Å². The van der Waals surface area contributed by atoms with Gasteiger partial charge in [-0.2, -0.15) is 10.5 Å². The average molecular weight is 365 g/mol. The number of carbonyl (C=O) groups is 1. The van der Waals surface area contributed by atoms with Gasteiger partial charge in [0.25, 0.3) is 5.56 Å². The van der Waals surface area contributed by atoms with Crippen LogP contribution in [0.1, 0.15) is 18.1 Å². The summed E-state index contributed by atoms with van der Waals surface area (Å²) in [6, 6.07) is 10.7. The van der Waals surface area contributed by atoms with Crippen molar-refractivity contribution in [3.05, 3.63) is 67.6 Å². The standard InChI is InChI=1S/C19H15N3O3S/c1-3-8-25-19(24)15(12-21)18-22(4-2)17(23)16(26-18)10-13-6-5-7-14(9-13)11-20/h3,5-7,9-10H,1,4,8H2,2H3. The molecule has 130 valence electrons. The molecule has 0 N–H and O–H groups in total. The molecule has 0 fully saturated rings. The molecule has 6 nitrogen and oxygen atoms in total. The molecule has 0 aliphatic heterocycles. The molecule has 0 radical (unpaired) electrons. The number of thiazole rings is 1. The van der Waals surface area contributed by atoms with Crippen molar-refractivity contribution in [2.24, 2.45) is 0 Å². The van der Waals surface area contributed by atoms with E-state index in [1.165, 1.54) is 10.6 Å². The molecule has 0 saturated heterocycles. The zero-order valence-electron chi connectivity index (χ0n) is 14.1. The van der Waals surface area contributed by atoms with E-state index in [1.54, 1.807) is 37.3 Å². The van der Waals surface area contributed by atoms with Gasteiger partial charge in [0.2, 0.25) is 0 Å². The topological polar surface area (TPSA) is 95.9 Å². The number of ether oxygens (including phenoxy) is 1. The fourth-order valence-electron chi connectivity index (χ4n) is 2.23. The van der Waals surface area contributed by atoms with Crippen LogP contribution in [0, 0.1) is 22.7 Å². The lowest BCUT2D eigenvalue weighted by Gasteiger charge is -2.00. The van der Waals surface area contributed by atoms with Crippen LogP contribution in [-0.4, -0.2) is 17.1 Å². The molecular formula is C19H15N3O3S. The Morgan fingerprint density at radius 2 is 2.19 bits per heavy atom. The van der Waals surface area contributed by atoms with Crippen LogP contribution in [0.5, 0.6) is 0 Å². The number of nitriles is 2. The van der Waals surface area contributed by atoms with Crippen molar-refractivity contribution in [2.75, 3.05) is 6.61 Å². The second kappa shape index (κ2) is 8.61. The molecule has 1 aromatic carbocycles. The molecule has 0 amide bonds. The Morgan fingerprint density at radius 3 is 2.81 bits per heavy atom. The minimum atomic E-state index is -0.797. The first-order valence-electron chi connectivity index (χ1n) is 7.69. The van der Waals surface area contributed by atoms with Gasteiger partial charge in [-0.3, -0.25) is 9.36 Å². The number of hydrogen-bond donors (Lipinski definition) is 0. The Bertz CT molecular complexity index is 1110. The van der Waals surface area contributed by atoms with E-state index in [9.17, 15) is 14.9 Å². The van der Waals surface area contributed by atoms with Crippen molar-refractivity contribution in [1.29, 1.82) is 10.5 Å². The molecule has 1 heterocycles. The summed E-state index contributed by atoms with van der Waals surface area (Å²) in [5.41, 5.74) is 0.633. The zero-order chi connectivity index (χ0) is 19.1. The van der Waals surface area contributed by atoms with E-state index in [4.69, 9.17) is 10.00 Å². The van der Waals surface area contributed by atoms with Crippen LogP contribution >= 0.6 is 11.3 Å². The molecule has 0 atom stereocenters. The zero-order valence-corrected chi connectivity index (χ0v) is 14.9. The fourth-order valence-corrected chi connectivity index (χ4v) is 3.38. The summed E-state index contributed by atoms with van der Waals surface area (Å²) in [5.74, 6) is -0.797. The fraction of sp³-hybridized carbons (Fsp3) is 0.158. The summed E-state index contributed by atoms with van der Waals surface area (Å²) < 4.78 is 6.89. The van der Waals surface area contributed by atoms with Crippen LogP contribution in [0.15, 0.2) is 41.7 Å². The second-order valence-electron chi connectivity index (χ2n) is 5.08. The van der Waals surface area contributed by atoms with Crippen LogP contribution in [0.4, 0.5) is 0 Å². The van der Waals surface area contributed by atoms with Crippen LogP contribution in [0.25, 0.3) is 11.6 Å². The van der Waals surface area contributed by atoms with Gasteiger partial charge in [0.05, 0.1) is 16.2 Å². The van der Waals surface area contributed by atoms with E-state index in [0.717, 1.165) is 11.3 Å². The molecule has 0 saturated carbocycles. The second-order valence-corrected chi connectivity index (χ2v) is 6.11. The Hall–Kier alpha value is -3.42. The van der Waals surface area contributed by atoms with Crippen LogP contribution in [0.3, 0.4) is 0 Å². The third-order valence-corrected chi connectivity index (χ3v) is 4.53. The van der Waals surface area contributed by atoms with Crippen LogP contribution in [-0.2, 0) is 16.1 Å². The summed E-state index contributed by atoms with van der Waals surface area (Å²) in [6.07, 6.45) is 3.03. The van der Waals surface area contributed by atoms with Gasteiger partial charge in [-0.15, -0.1) is 11.3 Å². The highest BCUT2D eigenvalue weighted by Gasteiger charge is 2.16. The number of esters is 1. The molecule has 2 rings (SSSR count). The van der Waals surface area contributed by atoms with Gasteiger partial charge in [-0.1, -0.05) is 24.8 Å². The predicted octanol–water partition coefficient (Wildman–Crippen LogP) is 1.03. The maximum Gasteiger partial charge on any atom is 0.352 e. The van der Waals surface area contributed by atoms with Crippen molar-refractivity contribution >= 4 is 29.0 Å². The third kappa shape index (κ3) is 3.97. The maximum atomic E-state index is 12.6. The van der Waals surface area contributed by atoms with E-state index in [2.05, 4.69) is 6.58 Å². The van der Waals surface area contributed by atoms with Gasteiger partial charge < -0.3 is 4.74 Å². The highest BCUT2D eigenvalue weighted by atomic mass is 32.1. The number of benzene rings is 1. The van der Waals surface area contributed by atoms with Crippen molar-refractivity contribution in [2.45, 2.75) is 13.5 Å². The van der Waals surface area contributed by atoms with Gasteiger partial charge in [0.1, 0.15) is 17.3 Å². The van der Waals surface area contributed by atoms with E-state index in [1.807, 2.05) is 12.1 Å². The molecule has 0 spiro atoms. The Labute approximate surface area is 153 Å². The number of carbonyl (C=O) groups excluding carboxylic acids is 1. The van der Waals surface area contributed by atoms with Crippen LogP contribution in [0.2, 0.25) is 0 Å². The molecule has 0 unspecified atom stereocenters. The van der Waals surface area contributed by atoms with E-state index in [-0.39, 0.29) is 22.4 Å². The molecule has 0 bridgehead atoms. The lowest BCUT2D eigenvalue weighted by Crippen LogP contribution is -2.32. The quantitative estimate of drug-likeness (QED) is 0.582. The molecule has 2 aromatic rings. The number of rotatable bonds is 5. The van der Waals surface area contributed by atoms with Gasteiger partial charge in [0.15, 0.2) is 5.57 Å². The van der Waals surface area contributed by atoms with Crippen molar-refractivity contribution in [3.8, 4) is 12.1 Å². The minimum Gasteiger partial charge on any atom is -0.457 e. The lowest BCUT2D eigenvalue weighted by molar-refractivity contribution is -0.135. The van der Waals surface area contributed by atoms with Crippen LogP contribution < -0.4 is 14.8 Å². The van der Waals surface area contributed by atoms with Gasteiger partial charge in [0, 0.05) is 6.54 Å². The Morgan fingerprint density at radius 1 is 1.42 bits per heavy atom. The van der Waals surface area contributed by atoms with Gasteiger partial charge in [-0.25, -0.2) is 4.79 Å². The first-order valence-corrected chi connectivity index (χ1v) is 8.51. The number of aromatic nitrogens is 1. The number of hydrogen-bond acceptors (Lipinski definition) is 6. The smallest absolute Gasteiger partial charge is 0.352 e. The van der Waals surface area contributed by atoms with Gasteiger partial charge in [-0.05, 0) is 30.7 Å². The molecular weight excluding hydrogens is 350 g/mol. The highest BCUT2D eigenvalue weighted by Crippen LogP contribution is 2.04. The largest absolute Gasteiger partial charge is 0.457 e. The highest BCUT2D eigenvalue weighted by molar-refractivity contribution is 7.07. The monoisotopic (exact) mass is 365 g/mol. The molecule has 0 aliphatic rings. The summed E-state index contributed by atoms with van der Waals surface area (Å²) >= 11 is 1.04. The first kappa shape index (κ1) is 18.9. The average Bonchev–Trinajstić information content (AvgIpc) is 2.96. The molecule has 7 heteroatoms. The van der Waals surface area contributed by atoms with Gasteiger partial charge >= 0.3 is 5.97 Å². The summed E-state index contributed by atoms with van der Waals surface area (Å²) in [7, 11) is 0. The van der Waals surface area contributed by atoms with Crippen molar-refractivity contribution in [3.63, 3.8) is 0 Å². The Balaban J connectivity index is 2.72. The number of nitrogens with zero attached hydrogens (tertiary/aromatic N) is 3. The van der Waals surface area contributed by atoms with E-state index >= 15 is 0 Å². The lowest BCUT2D eigenvalue weighted by atomic mass is 10.1. The normalized spacial score (nSPS) is 12.0.